The third-order valence-corrected chi connectivity index (χ3v) is 4.46. The SMILES string of the molecule is CC(=O)Oc1ccccc1CCCCCCNCC(O)c1ccccc1.O=C([O-])C(=O)[O-]. The lowest BCUT2D eigenvalue weighted by atomic mass is 10.1. The van der Waals surface area contributed by atoms with E-state index in [2.05, 4.69) is 5.32 Å². The number of carbonyl (C=O) groups is 3. The Morgan fingerprint density at radius 1 is 0.906 bits per heavy atom. The van der Waals surface area contributed by atoms with Crippen molar-refractivity contribution in [3.8, 4) is 5.75 Å². The number of benzene rings is 2. The molecule has 0 bridgehead atoms. The Morgan fingerprint density at radius 2 is 1.50 bits per heavy atom. The van der Waals surface area contributed by atoms with Gasteiger partial charge < -0.3 is 35.0 Å². The van der Waals surface area contributed by atoms with Crippen LogP contribution in [0.5, 0.6) is 5.75 Å². The molecule has 2 rings (SSSR count). The summed E-state index contributed by atoms with van der Waals surface area (Å²) in [5, 5.41) is 31.2. The predicted octanol–water partition coefficient (Wildman–Crippen LogP) is 0.524. The molecule has 0 radical (unpaired) electrons. The molecular weight excluding hydrogens is 414 g/mol. The Balaban J connectivity index is 0.000000751. The molecular formula is C24H29NO7-2. The van der Waals surface area contributed by atoms with Gasteiger partial charge in [-0.25, -0.2) is 0 Å². The number of rotatable bonds is 11. The van der Waals surface area contributed by atoms with Crippen LogP contribution >= 0.6 is 0 Å². The molecule has 0 fully saturated rings. The molecule has 2 aromatic rings. The molecule has 1 atom stereocenters. The highest BCUT2D eigenvalue weighted by molar-refractivity contribution is 6.25. The van der Waals surface area contributed by atoms with E-state index >= 15 is 0 Å². The molecule has 174 valence electrons. The highest BCUT2D eigenvalue weighted by atomic mass is 16.5. The molecule has 0 aliphatic carbocycles. The molecule has 2 N–H and O–H groups in total. The maximum absolute atomic E-state index is 11.1. The van der Waals surface area contributed by atoms with E-state index in [-0.39, 0.29) is 5.97 Å². The summed E-state index contributed by atoms with van der Waals surface area (Å²) >= 11 is 0. The van der Waals surface area contributed by atoms with E-state index in [4.69, 9.17) is 24.5 Å². The number of aryl methyl sites for hydroxylation is 1. The van der Waals surface area contributed by atoms with Gasteiger partial charge in [-0.2, -0.15) is 0 Å². The number of aliphatic carboxylic acids is 2. The van der Waals surface area contributed by atoms with E-state index in [1.54, 1.807) is 0 Å². The van der Waals surface area contributed by atoms with Gasteiger partial charge in [0.15, 0.2) is 0 Å². The number of hydrogen-bond acceptors (Lipinski definition) is 8. The van der Waals surface area contributed by atoms with Crippen molar-refractivity contribution in [3.05, 3.63) is 65.7 Å². The fourth-order valence-electron chi connectivity index (χ4n) is 2.92. The zero-order valence-corrected chi connectivity index (χ0v) is 18.1. The lowest BCUT2D eigenvalue weighted by Gasteiger charge is -2.12. The minimum absolute atomic E-state index is 0.277. The first-order chi connectivity index (χ1) is 15.3. The number of hydrogen-bond donors (Lipinski definition) is 2. The van der Waals surface area contributed by atoms with Gasteiger partial charge in [-0.1, -0.05) is 61.4 Å². The third-order valence-electron chi connectivity index (χ3n) is 4.46. The Morgan fingerprint density at radius 3 is 2.12 bits per heavy atom. The number of aliphatic hydroxyl groups excluding tert-OH is 1. The summed E-state index contributed by atoms with van der Waals surface area (Å²) in [6.45, 7) is 2.92. The molecule has 1 unspecified atom stereocenters. The van der Waals surface area contributed by atoms with Gasteiger partial charge in [-0.05, 0) is 43.0 Å². The van der Waals surface area contributed by atoms with Crippen molar-refractivity contribution in [2.75, 3.05) is 13.1 Å². The molecule has 0 amide bonds. The van der Waals surface area contributed by atoms with Crippen molar-refractivity contribution in [3.63, 3.8) is 0 Å². The topological polar surface area (TPSA) is 139 Å². The van der Waals surface area contributed by atoms with Crippen LogP contribution in [0.4, 0.5) is 0 Å². The second-order valence-electron chi connectivity index (χ2n) is 7.07. The lowest BCUT2D eigenvalue weighted by Crippen LogP contribution is -2.42. The van der Waals surface area contributed by atoms with Crippen LogP contribution in [0.1, 0.15) is 49.8 Å². The van der Waals surface area contributed by atoms with Gasteiger partial charge in [-0.3, -0.25) is 4.79 Å². The highest BCUT2D eigenvalue weighted by Gasteiger charge is 2.06. The van der Waals surface area contributed by atoms with Crippen LogP contribution < -0.4 is 20.3 Å². The van der Waals surface area contributed by atoms with Gasteiger partial charge >= 0.3 is 5.97 Å². The Labute approximate surface area is 187 Å². The normalized spacial score (nSPS) is 11.1. The van der Waals surface area contributed by atoms with E-state index in [0.29, 0.717) is 12.3 Å². The van der Waals surface area contributed by atoms with Crippen LogP contribution in [0, 0.1) is 0 Å². The number of ether oxygens (including phenoxy) is 1. The number of esters is 1. The molecule has 0 spiro atoms. The Bertz CT molecular complexity index is 827. The van der Waals surface area contributed by atoms with E-state index < -0.39 is 18.0 Å². The van der Waals surface area contributed by atoms with Crippen LogP contribution in [0.25, 0.3) is 0 Å². The molecule has 32 heavy (non-hydrogen) atoms. The van der Waals surface area contributed by atoms with Crippen molar-refractivity contribution in [2.24, 2.45) is 0 Å². The van der Waals surface area contributed by atoms with Crippen LogP contribution in [0.15, 0.2) is 54.6 Å². The average Bonchev–Trinajstić information content (AvgIpc) is 2.77. The maximum Gasteiger partial charge on any atom is 0.308 e. The molecule has 0 heterocycles. The number of para-hydroxylation sites is 1. The van der Waals surface area contributed by atoms with E-state index in [9.17, 15) is 9.90 Å². The molecule has 2 aromatic carbocycles. The summed E-state index contributed by atoms with van der Waals surface area (Å²) in [5.41, 5.74) is 2.04. The van der Waals surface area contributed by atoms with Gasteiger partial charge in [0.2, 0.25) is 0 Å². The van der Waals surface area contributed by atoms with Crippen LogP contribution in [-0.2, 0) is 20.8 Å². The van der Waals surface area contributed by atoms with E-state index in [1.165, 1.54) is 6.92 Å². The first kappa shape index (κ1) is 26.8. The second-order valence-corrected chi connectivity index (χ2v) is 7.07. The number of carboxylic acids is 2. The minimum atomic E-state index is -2.19. The van der Waals surface area contributed by atoms with Crippen molar-refractivity contribution in [1.29, 1.82) is 0 Å². The smallest absolute Gasteiger partial charge is 0.308 e. The number of unbranched alkanes of at least 4 members (excludes halogenated alkanes) is 3. The summed E-state index contributed by atoms with van der Waals surface area (Å²) in [5.74, 6) is -3.97. The molecule has 0 aliphatic heterocycles. The van der Waals surface area contributed by atoms with E-state index in [0.717, 1.165) is 49.8 Å². The molecule has 8 heteroatoms. The van der Waals surface area contributed by atoms with Crippen molar-refractivity contribution >= 4 is 17.9 Å². The fourth-order valence-corrected chi connectivity index (χ4v) is 2.92. The summed E-state index contributed by atoms with van der Waals surface area (Å²) in [4.78, 5) is 29.0. The van der Waals surface area contributed by atoms with Crippen molar-refractivity contribution in [1.82, 2.24) is 5.32 Å². The molecule has 0 saturated heterocycles. The maximum atomic E-state index is 11.1. The van der Waals surface area contributed by atoms with Crippen LogP contribution in [-0.4, -0.2) is 36.1 Å². The monoisotopic (exact) mass is 443 g/mol. The summed E-state index contributed by atoms with van der Waals surface area (Å²) in [6, 6.07) is 17.5. The van der Waals surface area contributed by atoms with Gasteiger partial charge in [0.25, 0.3) is 0 Å². The number of aliphatic hydroxyl groups is 1. The molecule has 0 aromatic heterocycles. The number of nitrogens with one attached hydrogen (secondary N) is 1. The standard InChI is InChI=1S/C22H29NO3.C2H2O4/c1-18(24)26-22-15-9-8-14-20(22)13-5-2-3-10-16-23-17-21(25)19-11-6-4-7-12-19;3-1(4)2(5)6/h4,6-9,11-12,14-15,21,23,25H,2-3,5,10,13,16-17H2,1H3;(H,3,4)(H,5,6)/p-2. The molecule has 8 nitrogen and oxygen atoms in total. The van der Waals surface area contributed by atoms with Gasteiger partial charge in [0, 0.05) is 13.5 Å². The van der Waals surface area contributed by atoms with Gasteiger partial charge in [0.1, 0.15) is 5.75 Å². The van der Waals surface area contributed by atoms with Gasteiger partial charge in [0.05, 0.1) is 18.0 Å². The zero-order chi connectivity index (χ0) is 23.8. The second kappa shape index (κ2) is 15.6. The Hall–Kier alpha value is -3.23. The lowest BCUT2D eigenvalue weighted by molar-refractivity contribution is -0.345. The molecule has 0 aliphatic rings. The fraction of sp³-hybridized carbons (Fsp3) is 0.375. The summed E-state index contributed by atoms with van der Waals surface area (Å²) < 4.78 is 5.24. The highest BCUT2D eigenvalue weighted by Crippen LogP contribution is 2.20. The predicted molar refractivity (Wildman–Crippen MR) is 114 cm³/mol. The summed E-state index contributed by atoms with van der Waals surface area (Å²) in [6.07, 6.45) is 4.91. The molecule has 0 saturated carbocycles. The van der Waals surface area contributed by atoms with Gasteiger partial charge in [-0.15, -0.1) is 0 Å². The Kier molecular flexibility index (Phi) is 13.0. The number of carboxylic acid groups (broad SMARTS) is 2. The quantitative estimate of drug-likeness (QED) is 0.222. The van der Waals surface area contributed by atoms with E-state index in [1.807, 2.05) is 54.6 Å². The zero-order valence-electron chi connectivity index (χ0n) is 18.1. The van der Waals surface area contributed by atoms with Crippen molar-refractivity contribution < 1.29 is 34.4 Å². The summed E-state index contributed by atoms with van der Waals surface area (Å²) in [7, 11) is 0. The van der Waals surface area contributed by atoms with Crippen LogP contribution in [0.3, 0.4) is 0 Å². The average molecular weight is 443 g/mol. The first-order valence-corrected chi connectivity index (χ1v) is 10.4. The van der Waals surface area contributed by atoms with Crippen molar-refractivity contribution in [2.45, 2.75) is 45.1 Å². The largest absolute Gasteiger partial charge is 0.543 e. The minimum Gasteiger partial charge on any atom is -0.543 e. The third kappa shape index (κ3) is 11.8. The first-order valence-electron chi connectivity index (χ1n) is 10.4. The van der Waals surface area contributed by atoms with Crippen LogP contribution in [0.2, 0.25) is 0 Å². The number of carbonyl (C=O) groups excluding carboxylic acids is 3.